The fraction of sp³-hybridized carbons (Fsp3) is 0.296. The number of aryl methyl sites for hydroxylation is 1. The molecule has 3 heterocycles. The van der Waals surface area contributed by atoms with Gasteiger partial charge in [0.15, 0.2) is 5.76 Å². The number of Topliss-reactive ketones (excluding diaryl/α,β-unsaturated/α-hetero) is 1. The monoisotopic (exact) mass is 523 g/mol. The smallest absolute Gasteiger partial charge is 0.290 e. The molecule has 1 aromatic heterocycles. The number of halogens is 1. The summed E-state index contributed by atoms with van der Waals surface area (Å²) in [7, 11) is 0. The van der Waals surface area contributed by atoms with E-state index in [0.717, 1.165) is 18.7 Å². The van der Waals surface area contributed by atoms with Gasteiger partial charge in [0.2, 0.25) is 5.78 Å². The van der Waals surface area contributed by atoms with Crippen molar-refractivity contribution >= 4 is 34.6 Å². The molecule has 9 heteroatoms. The van der Waals surface area contributed by atoms with Crippen molar-refractivity contribution in [2.24, 2.45) is 0 Å². The molecule has 36 heavy (non-hydrogen) atoms. The molecule has 1 fully saturated rings. The molecule has 0 saturated carbocycles. The lowest BCUT2D eigenvalue weighted by Crippen LogP contribution is -2.43. The minimum atomic E-state index is -0.718. The summed E-state index contributed by atoms with van der Waals surface area (Å²) in [5, 5.41) is 12.3. The first kappa shape index (κ1) is 24.6. The molecule has 3 aromatic rings. The molecular weight excluding hydrogens is 498 g/mol. The van der Waals surface area contributed by atoms with Crippen molar-refractivity contribution in [2.45, 2.75) is 13.0 Å². The lowest BCUT2D eigenvalue weighted by molar-refractivity contribution is -0.129. The van der Waals surface area contributed by atoms with Gasteiger partial charge in [-0.05, 0) is 24.6 Å². The molecule has 0 unspecified atom stereocenters. The first-order valence-electron chi connectivity index (χ1n) is 11.8. The number of aromatic nitrogens is 1. The SMILES string of the molecule is Cc1nc(-c2ccccc2)sc1C(=O)C1=C(O)C(=O)N(CCN2CCOCC2)[C@@H]1c1ccc(Cl)cc1. The van der Waals surface area contributed by atoms with Crippen LogP contribution >= 0.6 is 22.9 Å². The third kappa shape index (κ3) is 4.82. The normalized spacial score (nSPS) is 18.8. The van der Waals surface area contributed by atoms with Crippen LogP contribution in [0.15, 0.2) is 65.9 Å². The molecule has 0 spiro atoms. The van der Waals surface area contributed by atoms with Gasteiger partial charge in [0, 0.05) is 36.8 Å². The third-order valence-corrected chi connectivity index (χ3v) is 7.98. The van der Waals surface area contributed by atoms with Crippen LogP contribution in [-0.2, 0) is 9.53 Å². The van der Waals surface area contributed by atoms with Crippen LogP contribution in [0.25, 0.3) is 10.6 Å². The average Bonchev–Trinajstić information content (AvgIpc) is 3.41. The minimum Gasteiger partial charge on any atom is -0.503 e. The highest BCUT2D eigenvalue weighted by molar-refractivity contribution is 7.17. The van der Waals surface area contributed by atoms with Crippen molar-refractivity contribution in [1.29, 1.82) is 0 Å². The number of aliphatic hydroxyl groups excluding tert-OH is 1. The van der Waals surface area contributed by atoms with Crippen LogP contribution in [0.2, 0.25) is 5.02 Å². The maximum absolute atomic E-state index is 13.9. The van der Waals surface area contributed by atoms with E-state index in [9.17, 15) is 14.7 Å². The fourth-order valence-corrected chi connectivity index (χ4v) is 5.77. The number of ketones is 1. The Hall–Kier alpha value is -3.04. The van der Waals surface area contributed by atoms with Crippen LogP contribution in [0.3, 0.4) is 0 Å². The van der Waals surface area contributed by atoms with Gasteiger partial charge in [0.25, 0.3) is 5.91 Å². The topological polar surface area (TPSA) is 83.0 Å². The van der Waals surface area contributed by atoms with Gasteiger partial charge in [-0.2, -0.15) is 0 Å². The van der Waals surface area contributed by atoms with Crippen molar-refractivity contribution in [3.05, 3.63) is 87.1 Å². The van der Waals surface area contributed by atoms with Gasteiger partial charge < -0.3 is 14.7 Å². The zero-order valence-electron chi connectivity index (χ0n) is 19.8. The van der Waals surface area contributed by atoms with E-state index in [0.29, 0.717) is 52.5 Å². The number of aliphatic hydroxyl groups is 1. The number of hydrogen-bond acceptors (Lipinski definition) is 7. The Kier molecular flexibility index (Phi) is 7.20. The summed E-state index contributed by atoms with van der Waals surface area (Å²) in [6, 6.07) is 16.0. The molecule has 1 N–H and O–H groups in total. The Labute approximate surface area is 218 Å². The van der Waals surface area contributed by atoms with Gasteiger partial charge in [-0.1, -0.05) is 54.1 Å². The van der Waals surface area contributed by atoms with Gasteiger partial charge in [0.05, 0.1) is 35.4 Å². The Bertz CT molecular complexity index is 1300. The zero-order valence-corrected chi connectivity index (χ0v) is 21.4. The second-order valence-electron chi connectivity index (χ2n) is 8.80. The average molecular weight is 524 g/mol. The van der Waals surface area contributed by atoms with Crippen LogP contribution in [0, 0.1) is 6.92 Å². The standard InChI is InChI=1S/C27H26ClN3O4S/c1-17-25(36-26(29-17)19-5-3-2-4-6-19)23(32)21-22(18-7-9-20(28)10-8-18)31(27(34)24(21)33)12-11-30-13-15-35-16-14-30/h2-10,22,33H,11-16H2,1H3/t22-/m1/s1. The third-order valence-electron chi connectivity index (χ3n) is 6.52. The van der Waals surface area contributed by atoms with Gasteiger partial charge in [-0.25, -0.2) is 4.98 Å². The van der Waals surface area contributed by atoms with Crippen LogP contribution in [0.1, 0.15) is 27.0 Å². The van der Waals surface area contributed by atoms with E-state index >= 15 is 0 Å². The quantitative estimate of drug-likeness (QED) is 0.453. The van der Waals surface area contributed by atoms with E-state index in [1.54, 1.807) is 36.1 Å². The predicted molar refractivity (Wildman–Crippen MR) is 139 cm³/mol. The number of thiazole rings is 1. The molecule has 1 saturated heterocycles. The molecule has 5 rings (SSSR count). The van der Waals surface area contributed by atoms with E-state index in [-0.39, 0.29) is 11.4 Å². The summed E-state index contributed by atoms with van der Waals surface area (Å²) in [5.41, 5.74) is 2.27. The number of benzene rings is 2. The Morgan fingerprint density at radius 1 is 1.11 bits per heavy atom. The summed E-state index contributed by atoms with van der Waals surface area (Å²) in [6.07, 6.45) is 0. The second kappa shape index (κ2) is 10.5. The van der Waals surface area contributed by atoms with Crippen LogP contribution in [0.5, 0.6) is 0 Å². The van der Waals surface area contributed by atoms with Crippen LogP contribution < -0.4 is 0 Å². The fourth-order valence-electron chi connectivity index (χ4n) is 4.62. The van der Waals surface area contributed by atoms with E-state index in [4.69, 9.17) is 16.3 Å². The molecule has 7 nitrogen and oxygen atoms in total. The lowest BCUT2D eigenvalue weighted by Gasteiger charge is -2.31. The molecule has 1 atom stereocenters. The molecule has 0 radical (unpaired) electrons. The van der Waals surface area contributed by atoms with E-state index in [2.05, 4.69) is 9.88 Å². The summed E-state index contributed by atoms with van der Waals surface area (Å²) in [4.78, 5) is 36.0. The van der Waals surface area contributed by atoms with Gasteiger partial charge >= 0.3 is 0 Å². The largest absolute Gasteiger partial charge is 0.503 e. The molecule has 1 amide bonds. The minimum absolute atomic E-state index is 0.0793. The number of rotatable bonds is 7. The molecular formula is C27H26ClN3O4S. The predicted octanol–water partition coefficient (Wildman–Crippen LogP) is 4.68. The van der Waals surface area contributed by atoms with Crippen molar-refractivity contribution in [1.82, 2.24) is 14.8 Å². The molecule has 2 aliphatic rings. The number of carbonyl (C=O) groups excluding carboxylic acids is 2. The summed E-state index contributed by atoms with van der Waals surface area (Å²) in [5.74, 6) is -1.43. The van der Waals surface area contributed by atoms with Gasteiger partial charge in [0.1, 0.15) is 5.01 Å². The van der Waals surface area contributed by atoms with Crippen molar-refractivity contribution in [3.63, 3.8) is 0 Å². The maximum Gasteiger partial charge on any atom is 0.290 e. The Balaban J connectivity index is 1.49. The highest BCUT2D eigenvalue weighted by Gasteiger charge is 2.44. The molecule has 0 aliphatic carbocycles. The summed E-state index contributed by atoms with van der Waals surface area (Å²) < 4.78 is 5.42. The first-order valence-corrected chi connectivity index (χ1v) is 13.0. The highest BCUT2D eigenvalue weighted by Crippen LogP contribution is 2.41. The van der Waals surface area contributed by atoms with E-state index in [1.165, 1.54) is 11.3 Å². The number of nitrogens with zero attached hydrogens (tertiary/aromatic N) is 3. The molecule has 2 aliphatic heterocycles. The number of hydrogen-bond donors (Lipinski definition) is 1. The van der Waals surface area contributed by atoms with Gasteiger partial charge in [-0.3, -0.25) is 14.5 Å². The molecule has 186 valence electrons. The van der Waals surface area contributed by atoms with E-state index in [1.807, 2.05) is 30.3 Å². The zero-order chi connectivity index (χ0) is 25.2. The number of ether oxygens (including phenoxy) is 1. The lowest BCUT2D eigenvalue weighted by atomic mass is 9.95. The Morgan fingerprint density at radius 2 is 1.81 bits per heavy atom. The number of amides is 1. The van der Waals surface area contributed by atoms with Gasteiger partial charge in [-0.15, -0.1) is 11.3 Å². The number of morpholine rings is 1. The van der Waals surface area contributed by atoms with Crippen LogP contribution in [0.4, 0.5) is 0 Å². The second-order valence-corrected chi connectivity index (χ2v) is 10.2. The highest BCUT2D eigenvalue weighted by atomic mass is 35.5. The van der Waals surface area contributed by atoms with Crippen LogP contribution in [-0.4, -0.2) is 71.0 Å². The molecule has 2 aromatic carbocycles. The summed E-state index contributed by atoms with van der Waals surface area (Å²) >= 11 is 7.39. The number of carbonyl (C=O) groups is 2. The van der Waals surface area contributed by atoms with Crippen molar-refractivity contribution < 1.29 is 19.4 Å². The first-order chi connectivity index (χ1) is 17.4. The van der Waals surface area contributed by atoms with E-state index < -0.39 is 17.7 Å². The molecule has 0 bridgehead atoms. The van der Waals surface area contributed by atoms with Crippen molar-refractivity contribution in [3.8, 4) is 10.6 Å². The maximum atomic E-state index is 13.9. The van der Waals surface area contributed by atoms with Crippen molar-refractivity contribution in [2.75, 3.05) is 39.4 Å². The Morgan fingerprint density at radius 3 is 2.50 bits per heavy atom. The summed E-state index contributed by atoms with van der Waals surface area (Å²) in [6.45, 7) is 5.61.